The molecule has 1 aromatic rings. The number of hydrogen-bond acceptors (Lipinski definition) is 3. The first-order valence-corrected chi connectivity index (χ1v) is 7.64. The van der Waals surface area contributed by atoms with Gasteiger partial charge >= 0.3 is 0 Å². The van der Waals surface area contributed by atoms with Crippen molar-refractivity contribution in [1.82, 2.24) is 10.2 Å². The van der Waals surface area contributed by atoms with Crippen LogP contribution < -0.4 is 5.32 Å². The molecule has 1 unspecified atom stereocenters. The Hall–Kier alpha value is -1.43. The summed E-state index contributed by atoms with van der Waals surface area (Å²) in [6.07, 6.45) is 3.85. The fourth-order valence-electron chi connectivity index (χ4n) is 2.49. The van der Waals surface area contributed by atoms with Crippen molar-refractivity contribution >= 4 is 40.9 Å². The Balaban J connectivity index is 1.76. The van der Waals surface area contributed by atoms with Gasteiger partial charge in [-0.25, -0.2) is 0 Å². The van der Waals surface area contributed by atoms with E-state index in [1.165, 1.54) is 0 Å². The van der Waals surface area contributed by atoms with E-state index in [-0.39, 0.29) is 12.0 Å². The van der Waals surface area contributed by atoms with Crippen molar-refractivity contribution in [1.29, 1.82) is 0 Å². The number of hydrogen-bond donors (Lipinski definition) is 1. The summed E-state index contributed by atoms with van der Waals surface area (Å²) in [5.41, 5.74) is 1.33. The molecule has 21 heavy (non-hydrogen) atoms. The van der Waals surface area contributed by atoms with Crippen LogP contribution in [-0.4, -0.2) is 35.2 Å². The first-order chi connectivity index (χ1) is 10.1. The van der Waals surface area contributed by atoms with Crippen LogP contribution in [0.25, 0.3) is 6.08 Å². The van der Waals surface area contributed by atoms with Crippen LogP contribution in [0.4, 0.5) is 0 Å². The fourth-order valence-corrected chi connectivity index (χ4v) is 2.96. The molecular weight excluding hydrogens is 308 g/mol. The standard InChI is InChI=1S/C15H15ClN2O2S/c16-11-4-1-3-10(7-11)8-13-14(19)18(15(21)17-13)9-12-5-2-6-20-12/h1,3-4,7-8,12H,2,5-6,9H2,(H,17,21)/b13-8+. The third-order valence-electron chi connectivity index (χ3n) is 3.53. The molecule has 1 amide bonds. The number of rotatable bonds is 3. The van der Waals surface area contributed by atoms with E-state index in [2.05, 4.69) is 5.32 Å². The largest absolute Gasteiger partial charge is 0.376 e. The Labute approximate surface area is 133 Å². The number of carbonyl (C=O) groups is 1. The lowest BCUT2D eigenvalue weighted by atomic mass is 10.2. The Kier molecular flexibility index (Phi) is 4.24. The van der Waals surface area contributed by atoms with Crippen molar-refractivity contribution in [3.8, 4) is 0 Å². The minimum atomic E-state index is -0.115. The highest BCUT2D eigenvalue weighted by Gasteiger charge is 2.33. The zero-order valence-electron chi connectivity index (χ0n) is 11.3. The Bertz CT molecular complexity index is 611. The van der Waals surface area contributed by atoms with Gasteiger partial charge in [-0.3, -0.25) is 9.69 Å². The number of nitrogens with one attached hydrogen (secondary N) is 1. The van der Waals surface area contributed by atoms with Crippen LogP contribution in [0.3, 0.4) is 0 Å². The molecule has 4 nitrogen and oxygen atoms in total. The average molecular weight is 323 g/mol. The normalized spacial score (nSPS) is 24.0. The molecule has 1 N–H and O–H groups in total. The summed E-state index contributed by atoms with van der Waals surface area (Å²) in [4.78, 5) is 14.0. The average Bonchev–Trinajstić information content (AvgIpc) is 3.04. The zero-order valence-corrected chi connectivity index (χ0v) is 12.9. The Morgan fingerprint density at radius 2 is 2.38 bits per heavy atom. The minimum absolute atomic E-state index is 0.0826. The molecule has 0 saturated carbocycles. The van der Waals surface area contributed by atoms with Crippen LogP contribution in [0, 0.1) is 0 Å². The van der Waals surface area contributed by atoms with Crippen LogP contribution >= 0.6 is 23.8 Å². The van der Waals surface area contributed by atoms with Gasteiger partial charge in [0.25, 0.3) is 5.91 Å². The fraction of sp³-hybridized carbons (Fsp3) is 0.333. The summed E-state index contributed by atoms with van der Waals surface area (Å²) in [6, 6.07) is 7.33. The lowest BCUT2D eigenvalue weighted by Gasteiger charge is -2.18. The van der Waals surface area contributed by atoms with E-state index in [0.717, 1.165) is 25.0 Å². The Morgan fingerprint density at radius 1 is 1.52 bits per heavy atom. The quantitative estimate of drug-likeness (QED) is 0.686. The molecule has 6 heteroatoms. The van der Waals surface area contributed by atoms with E-state index >= 15 is 0 Å². The molecule has 3 rings (SSSR count). The van der Waals surface area contributed by atoms with E-state index in [1.807, 2.05) is 12.1 Å². The predicted molar refractivity (Wildman–Crippen MR) is 85.8 cm³/mol. The van der Waals surface area contributed by atoms with Crippen LogP contribution in [0.15, 0.2) is 30.0 Å². The zero-order chi connectivity index (χ0) is 14.8. The van der Waals surface area contributed by atoms with E-state index in [1.54, 1.807) is 23.1 Å². The van der Waals surface area contributed by atoms with E-state index in [0.29, 0.717) is 22.4 Å². The number of benzene rings is 1. The number of nitrogens with zero attached hydrogens (tertiary/aromatic N) is 1. The van der Waals surface area contributed by atoms with Gasteiger partial charge in [0, 0.05) is 11.6 Å². The Morgan fingerprint density at radius 3 is 3.10 bits per heavy atom. The lowest BCUT2D eigenvalue weighted by Crippen LogP contribution is -2.37. The molecular formula is C15H15ClN2O2S. The van der Waals surface area contributed by atoms with Gasteiger partial charge in [-0.15, -0.1) is 0 Å². The summed E-state index contributed by atoms with van der Waals surface area (Å²) in [5.74, 6) is -0.115. The molecule has 2 heterocycles. The molecule has 2 saturated heterocycles. The SMILES string of the molecule is O=C1/C(=C\c2cccc(Cl)c2)NC(=S)N1CC1CCCO1. The van der Waals surface area contributed by atoms with Crippen LogP contribution in [0.5, 0.6) is 0 Å². The topological polar surface area (TPSA) is 41.6 Å². The summed E-state index contributed by atoms with van der Waals surface area (Å²) in [7, 11) is 0. The molecule has 1 aromatic carbocycles. The maximum Gasteiger partial charge on any atom is 0.276 e. The second-order valence-electron chi connectivity index (χ2n) is 5.09. The number of halogens is 1. The van der Waals surface area contributed by atoms with Crippen molar-refractivity contribution in [2.75, 3.05) is 13.2 Å². The number of thiocarbonyl (C=S) groups is 1. The van der Waals surface area contributed by atoms with Gasteiger partial charge in [0.05, 0.1) is 12.6 Å². The van der Waals surface area contributed by atoms with Crippen LogP contribution in [0.1, 0.15) is 18.4 Å². The molecule has 0 aliphatic carbocycles. The third-order valence-corrected chi connectivity index (χ3v) is 4.09. The minimum Gasteiger partial charge on any atom is -0.376 e. The van der Waals surface area contributed by atoms with Crippen LogP contribution in [-0.2, 0) is 9.53 Å². The van der Waals surface area contributed by atoms with Crippen LogP contribution in [0.2, 0.25) is 5.02 Å². The second-order valence-corrected chi connectivity index (χ2v) is 5.92. The first kappa shape index (κ1) is 14.5. The van der Waals surface area contributed by atoms with Crippen molar-refractivity contribution in [3.05, 3.63) is 40.5 Å². The number of carbonyl (C=O) groups excluding carboxylic acids is 1. The maximum atomic E-state index is 12.4. The van der Waals surface area contributed by atoms with Gasteiger partial charge < -0.3 is 10.1 Å². The van der Waals surface area contributed by atoms with E-state index < -0.39 is 0 Å². The van der Waals surface area contributed by atoms with E-state index in [9.17, 15) is 4.79 Å². The molecule has 0 radical (unpaired) electrons. The second kappa shape index (κ2) is 6.13. The molecule has 0 aromatic heterocycles. The molecule has 0 bridgehead atoms. The maximum absolute atomic E-state index is 12.4. The molecule has 1 atom stereocenters. The summed E-state index contributed by atoms with van der Waals surface area (Å²) >= 11 is 11.2. The molecule has 2 fully saturated rings. The monoisotopic (exact) mass is 322 g/mol. The highest BCUT2D eigenvalue weighted by Crippen LogP contribution is 2.20. The molecule has 110 valence electrons. The van der Waals surface area contributed by atoms with Gasteiger partial charge in [0.1, 0.15) is 5.70 Å². The number of ether oxygens (including phenoxy) is 1. The first-order valence-electron chi connectivity index (χ1n) is 6.85. The van der Waals surface area contributed by atoms with Gasteiger partial charge in [-0.05, 0) is 48.8 Å². The smallest absolute Gasteiger partial charge is 0.276 e. The van der Waals surface area contributed by atoms with Crippen molar-refractivity contribution in [2.24, 2.45) is 0 Å². The third kappa shape index (κ3) is 3.26. The summed E-state index contributed by atoms with van der Waals surface area (Å²) < 4.78 is 5.56. The molecule has 2 aliphatic heterocycles. The van der Waals surface area contributed by atoms with Gasteiger partial charge in [0.15, 0.2) is 5.11 Å². The van der Waals surface area contributed by atoms with Gasteiger partial charge in [0.2, 0.25) is 0 Å². The predicted octanol–water partition coefficient (Wildman–Crippen LogP) is 2.58. The van der Waals surface area contributed by atoms with Crippen molar-refractivity contribution in [3.63, 3.8) is 0 Å². The van der Waals surface area contributed by atoms with Gasteiger partial charge in [-0.1, -0.05) is 23.7 Å². The summed E-state index contributed by atoms with van der Waals surface area (Å²) in [5, 5.41) is 4.03. The highest BCUT2D eigenvalue weighted by atomic mass is 35.5. The van der Waals surface area contributed by atoms with Gasteiger partial charge in [-0.2, -0.15) is 0 Å². The van der Waals surface area contributed by atoms with Crippen molar-refractivity contribution in [2.45, 2.75) is 18.9 Å². The van der Waals surface area contributed by atoms with Crippen molar-refractivity contribution < 1.29 is 9.53 Å². The lowest BCUT2D eigenvalue weighted by molar-refractivity contribution is -0.123. The highest BCUT2D eigenvalue weighted by molar-refractivity contribution is 7.80. The molecule has 2 aliphatic rings. The number of amides is 1. The molecule has 0 spiro atoms. The van der Waals surface area contributed by atoms with E-state index in [4.69, 9.17) is 28.6 Å². The summed E-state index contributed by atoms with van der Waals surface area (Å²) in [6.45, 7) is 1.27.